The Labute approximate surface area is 206 Å². The highest BCUT2D eigenvalue weighted by Crippen LogP contribution is 2.59. The largest absolute Gasteiger partial charge is 0.478 e. The van der Waals surface area contributed by atoms with Crippen molar-refractivity contribution in [2.45, 2.75) is 19.9 Å². The predicted octanol–water partition coefficient (Wildman–Crippen LogP) is 6.83. The van der Waals surface area contributed by atoms with E-state index in [0.29, 0.717) is 18.4 Å². The summed E-state index contributed by atoms with van der Waals surface area (Å²) in [6.07, 6.45) is 6.13. The van der Waals surface area contributed by atoms with E-state index in [-0.39, 0.29) is 12.0 Å². The van der Waals surface area contributed by atoms with Crippen LogP contribution in [0, 0.1) is 11.8 Å². The van der Waals surface area contributed by atoms with Gasteiger partial charge in [-0.05, 0) is 27.5 Å². The van der Waals surface area contributed by atoms with Crippen LogP contribution < -0.4 is 10.6 Å². The first kappa shape index (κ1) is 22.1. The molecule has 3 nitrogen and oxygen atoms in total. The Kier molecular flexibility index (Phi) is 5.46. The molecule has 0 amide bonds. The molecule has 35 heavy (non-hydrogen) atoms. The summed E-state index contributed by atoms with van der Waals surface area (Å²) in [5, 5.41) is 6.82. The SMILES string of the molecule is CC(C)[C@H]1COC(C2C=CC=C2P(=O)(c2cccc3ccccc23)c2cccc3ccccc23)=N1. The lowest BCUT2D eigenvalue weighted by Gasteiger charge is -2.27. The summed E-state index contributed by atoms with van der Waals surface area (Å²) in [4.78, 5) is 4.93. The summed E-state index contributed by atoms with van der Waals surface area (Å²) in [6.45, 7) is 4.91. The highest BCUT2D eigenvalue weighted by Gasteiger charge is 2.42. The van der Waals surface area contributed by atoms with Gasteiger partial charge in [0.1, 0.15) is 6.61 Å². The summed E-state index contributed by atoms with van der Waals surface area (Å²) in [6, 6.07) is 28.9. The van der Waals surface area contributed by atoms with Gasteiger partial charge in [0, 0.05) is 15.9 Å². The summed E-state index contributed by atoms with van der Waals surface area (Å²) in [5.41, 5.74) is 0. The number of hydrogen-bond donors (Lipinski definition) is 0. The molecule has 1 heterocycles. The summed E-state index contributed by atoms with van der Waals surface area (Å²) < 4.78 is 21.9. The van der Waals surface area contributed by atoms with Crippen LogP contribution in [0.1, 0.15) is 13.8 Å². The topological polar surface area (TPSA) is 38.7 Å². The molecule has 4 aromatic carbocycles. The van der Waals surface area contributed by atoms with Crippen LogP contribution >= 0.6 is 7.14 Å². The van der Waals surface area contributed by atoms with Gasteiger partial charge in [-0.1, -0.05) is 117 Å². The number of fused-ring (bicyclic) bond motifs is 2. The first-order valence-electron chi connectivity index (χ1n) is 12.2. The van der Waals surface area contributed by atoms with Gasteiger partial charge in [-0.25, -0.2) is 4.99 Å². The first-order valence-corrected chi connectivity index (χ1v) is 13.9. The summed E-state index contributed by atoms with van der Waals surface area (Å²) in [5.74, 6) is 0.847. The van der Waals surface area contributed by atoms with Crippen molar-refractivity contribution in [1.29, 1.82) is 0 Å². The Morgan fingerprint density at radius 1 is 0.829 bits per heavy atom. The smallest absolute Gasteiger partial charge is 0.195 e. The fraction of sp³-hybridized carbons (Fsp3) is 0.194. The summed E-state index contributed by atoms with van der Waals surface area (Å²) in [7, 11) is -3.28. The second-order valence-corrected chi connectivity index (χ2v) is 12.3. The standard InChI is InChI=1S/C31H28NO2P/c1-21(2)27-20-34-31(32-27)26-16-9-19-30(26)35(33,28-17-7-12-22-10-3-5-14-24(22)28)29-18-8-13-23-11-4-6-15-25(23)29/h3-19,21,26-27H,20H2,1-2H3/t26?,27-/m1/s1. The van der Waals surface area contributed by atoms with Crippen molar-refractivity contribution < 1.29 is 9.30 Å². The van der Waals surface area contributed by atoms with Gasteiger partial charge >= 0.3 is 0 Å². The third-order valence-corrected chi connectivity index (χ3v) is 10.5. The Hall–Kier alpha value is -3.42. The highest BCUT2D eigenvalue weighted by atomic mass is 31.2. The molecular formula is C31H28NO2P. The molecule has 4 heteroatoms. The second kappa shape index (κ2) is 8.66. The van der Waals surface area contributed by atoms with Crippen molar-refractivity contribution in [1.82, 2.24) is 0 Å². The number of nitrogens with zero attached hydrogens (tertiary/aromatic N) is 1. The average molecular weight is 478 g/mol. The van der Waals surface area contributed by atoms with Gasteiger partial charge in [-0.3, -0.25) is 0 Å². The minimum Gasteiger partial charge on any atom is -0.478 e. The van der Waals surface area contributed by atoms with Crippen molar-refractivity contribution in [3.05, 3.63) is 108 Å². The van der Waals surface area contributed by atoms with E-state index < -0.39 is 7.14 Å². The fourth-order valence-electron chi connectivity index (χ4n) is 5.27. The molecule has 0 spiro atoms. The van der Waals surface area contributed by atoms with E-state index in [0.717, 1.165) is 37.5 Å². The Morgan fingerprint density at radius 2 is 1.40 bits per heavy atom. The molecule has 1 aliphatic carbocycles. The van der Waals surface area contributed by atoms with Crippen LogP contribution in [0.2, 0.25) is 0 Å². The maximum atomic E-state index is 15.8. The molecule has 2 aliphatic rings. The van der Waals surface area contributed by atoms with E-state index in [1.54, 1.807) is 0 Å². The molecular weight excluding hydrogens is 449 g/mol. The number of allylic oxidation sites excluding steroid dienone is 2. The predicted molar refractivity (Wildman–Crippen MR) is 147 cm³/mol. The zero-order valence-electron chi connectivity index (χ0n) is 20.0. The molecule has 0 N–H and O–H groups in total. The van der Waals surface area contributed by atoms with E-state index in [9.17, 15) is 0 Å². The van der Waals surface area contributed by atoms with Crippen molar-refractivity contribution in [3.8, 4) is 0 Å². The molecule has 2 atom stereocenters. The molecule has 174 valence electrons. The third kappa shape index (κ3) is 3.58. The number of aliphatic imine (C=N–C) groups is 1. The van der Waals surface area contributed by atoms with Crippen molar-refractivity contribution >= 4 is 45.2 Å². The lowest BCUT2D eigenvalue weighted by molar-refractivity contribution is 0.283. The normalized spacial score (nSPS) is 19.9. The molecule has 0 aromatic heterocycles. The molecule has 0 saturated heterocycles. The molecule has 0 radical (unpaired) electrons. The molecule has 0 bridgehead atoms. The van der Waals surface area contributed by atoms with E-state index in [2.05, 4.69) is 56.3 Å². The maximum absolute atomic E-state index is 15.8. The Balaban J connectivity index is 1.62. The highest BCUT2D eigenvalue weighted by molar-refractivity contribution is 7.83. The van der Waals surface area contributed by atoms with E-state index in [4.69, 9.17) is 9.73 Å². The number of rotatable bonds is 5. The van der Waals surface area contributed by atoms with Gasteiger partial charge in [-0.15, -0.1) is 0 Å². The monoisotopic (exact) mass is 477 g/mol. The number of hydrogen-bond acceptors (Lipinski definition) is 3. The van der Waals surface area contributed by atoms with Crippen LogP contribution in [-0.2, 0) is 9.30 Å². The molecule has 6 rings (SSSR count). The van der Waals surface area contributed by atoms with Gasteiger partial charge in [0.2, 0.25) is 0 Å². The Morgan fingerprint density at radius 3 is 1.97 bits per heavy atom. The summed E-state index contributed by atoms with van der Waals surface area (Å²) >= 11 is 0. The van der Waals surface area contributed by atoms with Crippen molar-refractivity contribution in [3.63, 3.8) is 0 Å². The van der Waals surface area contributed by atoms with Gasteiger partial charge in [-0.2, -0.15) is 0 Å². The van der Waals surface area contributed by atoms with Crippen molar-refractivity contribution in [2.75, 3.05) is 6.61 Å². The maximum Gasteiger partial charge on any atom is 0.195 e. The fourth-order valence-corrected chi connectivity index (χ4v) is 8.65. The van der Waals surface area contributed by atoms with Gasteiger partial charge in [0.15, 0.2) is 13.0 Å². The lowest BCUT2D eigenvalue weighted by Crippen LogP contribution is -2.24. The van der Waals surface area contributed by atoms with Gasteiger partial charge < -0.3 is 9.30 Å². The number of ether oxygens (including phenoxy) is 1. The van der Waals surface area contributed by atoms with Crippen LogP contribution in [-0.4, -0.2) is 18.5 Å². The third-order valence-electron chi connectivity index (χ3n) is 7.20. The molecule has 0 fully saturated rings. The van der Waals surface area contributed by atoms with Crippen LogP contribution in [0.15, 0.2) is 113 Å². The molecule has 1 aliphatic heterocycles. The Bertz CT molecular complexity index is 1490. The van der Waals surface area contributed by atoms with E-state index in [1.807, 2.05) is 60.7 Å². The van der Waals surface area contributed by atoms with Crippen LogP contribution in [0.25, 0.3) is 21.5 Å². The lowest BCUT2D eigenvalue weighted by atomic mass is 10.1. The average Bonchev–Trinajstić information content (AvgIpc) is 3.58. The second-order valence-electron chi connectivity index (χ2n) is 9.65. The molecule has 1 unspecified atom stereocenters. The van der Waals surface area contributed by atoms with Gasteiger partial charge in [0.25, 0.3) is 0 Å². The molecule has 0 saturated carbocycles. The van der Waals surface area contributed by atoms with Crippen LogP contribution in [0.4, 0.5) is 0 Å². The van der Waals surface area contributed by atoms with Gasteiger partial charge in [0.05, 0.1) is 12.0 Å². The molecule has 4 aromatic rings. The van der Waals surface area contributed by atoms with E-state index in [1.165, 1.54) is 0 Å². The van der Waals surface area contributed by atoms with Crippen LogP contribution in [0.5, 0.6) is 0 Å². The van der Waals surface area contributed by atoms with Crippen molar-refractivity contribution in [2.24, 2.45) is 16.8 Å². The minimum atomic E-state index is -3.28. The van der Waals surface area contributed by atoms with E-state index >= 15 is 4.57 Å². The van der Waals surface area contributed by atoms with Crippen LogP contribution in [0.3, 0.4) is 0 Å². The quantitative estimate of drug-likeness (QED) is 0.296. The zero-order chi connectivity index (χ0) is 24.0. The first-order chi connectivity index (χ1) is 17.1. The number of benzene rings is 4. The zero-order valence-corrected chi connectivity index (χ0v) is 20.9. The minimum absolute atomic E-state index is 0.134.